The zero-order valence-corrected chi connectivity index (χ0v) is 14.1. The number of hydrogen-bond donors (Lipinski definition) is 4. The number of aliphatic hydroxyl groups is 2. The van der Waals surface area contributed by atoms with Crippen molar-refractivity contribution in [3.05, 3.63) is 48.5 Å². The average molecular weight is 370 g/mol. The zero-order chi connectivity index (χ0) is 19.0. The Labute approximate surface area is 153 Å². The van der Waals surface area contributed by atoms with Gasteiger partial charge in [0.05, 0.1) is 6.33 Å². The maximum Gasteiger partial charge on any atom is 0.252 e. The molecule has 1 amide bonds. The van der Waals surface area contributed by atoms with Crippen LogP contribution in [0.25, 0.3) is 11.2 Å². The van der Waals surface area contributed by atoms with E-state index in [1.165, 1.54) is 17.2 Å². The van der Waals surface area contributed by atoms with Gasteiger partial charge in [-0.25, -0.2) is 15.0 Å². The van der Waals surface area contributed by atoms with Crippen LogP contribution in [0.5, 0.6) is 0 Å². The van der Waals surface area contributed by atoms with E-state index in [0.717, 1.165) is 5.56 Å². The molecule has 0 saturated carbocycles. The first-order chi connectivity index (χ1) is 13.1. The van der Waals surface area contributed by atoms with Crippen LogP contribution in [0, 0.1) is 0 Å². The Hall–Kier alpha value is -3.08. The smallest absolute Gasteiger partial charge is 0.252 e. The highest BCUT2D eigenvalue weighted by atomic mass is 16.6. The van der Waals surface area contributed by atoms with Crippen molar-refractivity contribution in [3.8, 4) is 0 Å². The Morgan fingerprint density at radius 1 is 1.19 bits per heavy atom. The summed E-state index contributed by atoms with van der Waals surface area (Å²) >= 11 is 0. The third-order valence-corrected chi connectivity index (χ3v) is 4.47. The molecule has 140 valence electrons. The van der Waals surface area contributed by atoms with Crippen LogP contribution in [-0.4, -0.2) is 54.0 Å². The molecule has 5 N–H and O–H groups in total. The number of nitrogens with zero attached hydrogens (tertiary/aromatic N) is 4. The summed E-state index contributed by atoms with van der Waals surface area (Å²) in [5.41, 5.74) is 7.35. The van der Waals surface area contributed by atoms with Crippen molar-refractivity contribution in [2.45, 2.75) is 31.1 Å². The number of anilines is 1. The largest absolute Gasteiger partial charge is 0.387 e. The topological polar surface area (TPSA) is 148 Å². The molecule has 10 nitrogen and oxygen atoms in total. The van der Waals surface area contributed by atoms with E-state index in [2.05, 4.69) is 20.3 Å². The second kappa shape index (κ2) is 6.91. The van der Waals surface area contributed by atoms with E-state index < -0.39 is 30.4 Å². The minimum absolute atomic E-state index is 0.184. The predicted molar refractivity (Wildman–Crippen MR) is 93.9 cm³/mol. The van der Waals surface area contributed by atoms with Crippen LogP contribution in [0.4, 0.5) is 5.82 Å². The number of carbonyl (C=O) groups excluding carboxylic acids is 1. The first kappa shape index (κ1) is 17.3. The number of fused-ring (bicyclic) bond motifs is 1. The first-order valence-electron chi connectivity index (χ1n) is 8.32. The molecule has 0 bridgehead atoms. The molecule has 2 aromatic heterocycles. The van der Waals surface area contributed by atoms with Crippen molar-refractivity contribution in [3.63, 3.8) is 0 Å². The van der Waals surface area contributed by atoms with Gasteiger partial charge in [-0.05, 0) is 5.56 Å². The van der Waals surface area contributed by atoms with Crippen molar-refractivity contribution in [1.82, 2.24) is 24.8 Å². The summed E-state index contributed by atoms with van der Waals surface area (Å²) in [4.78, 5) is 24.5. The summed E-state index contributed by atoms with van der Waals surface area (Å²) in [5, 5.41) is 23.4. The molecular formula is C17H18N6O4. The van der Waals surface area contributed by atoms with Gasteiger partial charge in [0.1, 0.15) is 24.1 Å². The quantitative estimate of drug-likeness (QED) is 0.473. The summed E-state index contributed by atoms with van der Waals surface area (Å²) in [7, 11) is 0. The number of ether oxygens (including phenoxy) is 1. The SMILES string of the molecule is Nc1ncnc2c1ncn2C1O[C@H](C(=O)NCc2ccccc2)[C@@H](O)[C@H]1O. The molecule has 0 radical (unpaired) electrons. The van der Waals surface area contributed by atoms with Crippen LogP contribution in [0.2, 0.25) is 0 Å². The van der Waals surface area contributed by atoms with E-state index in [1.807, 2.05) is 30.3 Å². The van der Waals surface area contributed by atoms with E-state index in [-0.39, 0.29) is 12.4 Å². The van der Waals surface area contributed by atoms with E-state index in [4.69, 9.17) is 10.5 Å². The van der Waals surface area contributed by atoms with Crippen molar-refractivity contribution in [1.29, 1.82) is 0 Å². The molecule has 0 aliphatic carbocycles. The first-order valence-corrected chi connectivity index (χ1v) is 8.32. The molecule has 4 atom stereocenters. The summed E-state index contributed by atoms with van der Waals surface area (Å²) < 4.78 is 7.06. The number of aromatic nitrogens is 4. The molecule has 3 heterocycles. The number of hydrogen-bond acceptors (Lipinski definition) is 8. The predicted octanol–water partition coefficient (Wildman–Crippen LogP) is -0.656. The van der Waals surface area contributed by atoms with Crippen molar-refractivity contribution >= 4 is 22.9 Å². The maximum atomic E-state index is 12.4. The summed E-state index contributed by atoms with van der Waals surface area (Å²) in [6.45, 7) is 0.283. The third kappa shape index (κ3) is 3.10. The zero-order valence-electron chi connectivity index (χ0n) is 14.1. The molecule has 4 rings (SSSR count). The van der Waals surface area contributed by atoms with Gasteiger partial charge in [0.25, 0.3) is 5.91 Å². The monoisotopic (exact) mass is 370 g/mol. The average Bonchev–Trinajstić information content (AvgIpc) is 3.23. The van der Waals surface area contributed by atoms with Crippen molar-refractivity contribution in [2.24, 2.45) is 0 Å². The summed E-state index contributed by atoms with van der Waals surface area (Å²) in [6.07, 6.45) is -2.37. The molecule has 1 unspecified atom stereocenters. The van der Waals surface area contributed by atoms with Crippen LogP contribution < -0.4 is 11.1 Å². The highest BCUT2D eigenvalue weighted by molar-refractivity contribution is 5.82. The lowest BCUT2D eigenvalue weighted by Gasteiger charge is -2.16. The second-order valence-electron chi connectivity index (χ2n) is 6.21. The van der Waals surface area contributed by atoms with Crippen LogP contribution in [0.3, 0.4) is 0 Å². The number of imidazole rings is 1. The number of nitrogen functional groups attached to an aromatic ring is 1. The maximum absolute atomic E-state index is 12.4. The summed E-state index contributed by atoms with van der Waals surface area (Å²) in [6, 6.07) is 9.33. The lowest BCUT2D eigenvalue weighted by atomic mass is 10.1. The van der Waals surface area contributed by atoms with Gasteiger partial charge in [-0.2, -0.15) is 0 Å². The number of carbonyl (C=O) groups is 1. The highest BCUT2D eigenvalue weighted by Crippen LogP contribution is 2.32. The number of benzene rings is 1. The van der Waals surface area contributed by atoms with E-state index in [1.54, 1.807) is 0 Å². The lowest BCUT2D eigenvalue weighted by molar-refractivity contribution is -0.137. The molecule has 1 aliphatic rings. The molecule has 3 aromatic rings. The van der Waals surface area contributed by atoms with Gasteiger partial charge >= 0.3 is 0 Å². The highest BCUT2D eigenvalue weighted by Gasteiger charge is 2.47. The third-order valence-electron chi connectivity index (χ3n) is 4.47. The molecule has 1 aromatic carbocycles. The Balaban J connectivity index is 1.52. The fourth-order valence-electron chi connectivity index (χ4n) is 3.05. The lowest BCUT2D eigenvalue weighted by Crippen LogP contribution is -2.42. The molecule has 1 saturated heterocycles. The minimum Gasteiger partial charge on any atom is -0.387 e. The van der Waals surface area contributed by atoms with Gasteiger partial charge in [-0.1, -0.05) is 30.3 Å². The van der Waals surface area contributed by atoms with Crippen molar-refractivity contribution in [2.75, 3.05) is 5.73 Å². The fraction of sp³-hybridized carbons (Fsp3) is 0.294. The number of rotatable bonds is 4. The molecular weight excluding hydrogens is 352 g/mol. The molecule has 10 heteroatoms. The second-order valence-corrected chi connectivity index (χ2v) is 6.21. The van der Waals surface area contributed by atoms with Gasteiger partial charge in [-0.3, -0.25) is 9.36 Å². The number of aliphatic hydroxyl groups excluding tert-OH is 2. The Bertz CT molecular complexity index is 962. The van der Waals surface area contributed by atoms with Crippen molar-refractivity contribution < 1.29 is 19.7 Å². The summed E-state index contributed by atoms with van der Waals surface area (Å²) in [5.74, 6) is -0.338. The van der Waals surface area contributed by atoms with Gasteiger partial charge in [0.15, 0.2) is 23.8 Å². The van der Waals surface area contributed by atoms with Crippen LogP contribution >= 0.6 is 0 Å². The Morgan fingerprint density at radius 3 is 2.74 bits per heavy atom. The van der Waals surface area contributed by atoms with E-state index in [0.29, 0.717) is 11.2 Å². The Morgan fingerprint density at radius 2 is 1.96 bits per heavy atom. The van der Waals surface area contributed by atoms with Crippen LogP contribution in [0.15, 0.2) is 43.0 Å². The molecule has 0 spiro atoms. The normalized spacial score (nSPS) is 25.0. The van der Waals surface area contributed by atoms with E-state index >= 15 is 0 Å². The standard InChI is InChI=1S/C17H18N6O4/c18-14-10-15(21-7-20-14)23(8-22-10)17-12(25)11(24)13(27-17)16(26)19-6-9-4-2-1-3-5-9/h1-5,7-8,11-13,17,24-25H,6H2,(H,19,26)(H2,18,20,21)/t11-,12+,13-,17?/m0/s1. The van der Waals surface area contributed by atoms with Crippen LogP contribution in [0.1, 0.15) is 11.8 Å². The van der Waals surface area contributed by atoms with Gasteiger partial charge in [0, 0.05) is 6.54 Å². The Kier molecular flexibility index (Phi) is 4.44. The van der Waals surface area contributed by atoms with Gasteiger partial charge in [0.2, 0.25) is 0 Å². The number of nitrogens with two attached hydrogens (primary N) is 1. The molecule has 27 heavy (non-hydrogen) atoms. The van der Waals surface area contributed by atoms with Crippen LogP contribution in [-0.2, 0) is 16.1 Å². The van der Waals surface area contributed by atoms with E-state index in [9.17, 15) is 15.0 Å². The van der Waals surface area contributed by atoms with Gasteiger partial charge in [-0.15, -0.1) is 0 Å². The molecule has 1 aliphatic heterocycles. The minimum atomic E-state index is -1.40. The van der Waals surface area contributed by atoms with Gasteiger partial charge < -0.3 is 26.0 Å². The number of nitrogens with one attached hydrogen (secondary N) is 1. The molecule has 1 fully saturated rings. The number of amides is 1. The fourth-order valence-corrected chi connectivity index (χ4v) is 3.05.